The van der Waals surface area contributed by atoms with Crippen molar-refractivity contribution in [2.45, 2.75) is 64.5 Å². The summed E-state index contributed by atoms with van der Waals surface area (Å²) in [6.07, 6.45) is 5.45. The lowest BCUT2D eigenvalue weighted by Crippen LogP contribution is -2.41. The van der Waals surface area contributed by atoms with Gasteiger partial charge in [-0.05, 0) is 75.6 Å². The number of ketones is 1. The highest BCUT2D eigenvalue weighted by Crippen LogP contribution is 2.38. The van der Waals surface area contributed by atoms with Gasteiger partial charge in [0, 0.05) is 23.0 Å². The minimum absolute atomic E-state index is 0.197. The van der Waals surface area contributed by atoms with E-state index in [9.17, 15) is 14.4 Å². The van der Waals surface area contributed by atoms with Gasteiger partial charge >= 0.3 is 6.03 Å². The van der Waals surface area contributed by atoms with Crippen molar-refractivity contribution in [1.29, 1.82) is 0 Å². The number of hydrogen-bond donors (Lipinski definition) is 1. The zero-order valence-corrected chi connectivity index (χ0v) is 17.7. The standard InChI is InChI=1S/C24H27N3O3/c1-14-11-20(15(2)27(14)19-9-10-19)21(28)13-26-22(29)24(3,25-23(26)30)18-8-7-16-5-4-6-17(16)12-18/h7-8,11-12,19H,4-6,9-10,13H2,1-3H3,(H,25,30). The van der Waals surface area contributed by atoms with Crippen LogP contribution in [0.3, 0.4) is 0 Å². The van der Waals surface area contributed by atoms with Gasteiger partial charge in [-0.1, -0.05) is 18.2 Å². The predicted octanol–water partition coefficient (Wildman–Crippen LogP) is 3.58. The lowest BCUT2D eigenvalue weighted by atomic mass is 9.89. The minimum atomic E-state index is -1.14. The van der Waals surface area contributed by atoms with Crippen LogP contribution in [0.25, 0.3) is 0 Å². The highest BCUT2D eigenvalue weighted by molar-refractivity contribution is 6.11. The molecule has 3 aliphatic rings. The second-order valence-corrected chi connectivity index (χ2v) is 9.09. The normalized spacial score (nSPS) is 23.1. The van der Waals surface area contributed by atoms with Crippen LogP contribution in [0.15, 0.2) is 24.3 Å². The highest BCUT2D eigenvalue weighted by Gasteiger charge is 2.49. The Morgan fingerprint density at radius 3 is 2.60 bits per heavy atom. The fourth-order valence-corrected chi connectivity index (χ4v) is 5.10. The number of aromatic nitrogens is 1. The van der Waals surface area contributed by atoms with Crippen molar-refractivity contribution in [3.05, 3.63) is 57.9 Å². The Morgan fingerprint density at radius 2 is 1.87 bits per heavy atom. The lowest BCUT2D eigenvalue weighted by Gasteiger charge is -2.23. The van der Waals surface area contributed by atoms with Crippen LogP contribution < -0.4 is 5.32 Å². The van der Waals surface area contributed by atoms with Crippen molar-refractivity contribution >= 4 is 17.7 Å². The first-order valence-electron chi connectivity index (χ1n) is 10.8. The summed E-state index contributed by atoms with van der Waals surface area (Å²) in [4.78, 5) is 40.1. The van der Waals surface area contributed by atoms with Crippen LogP contribution in [0.2, 0.25) is 0 Å². The molecule has 5 rings (SSSR count). The molecule has 2 aliphatic carbocycles. The van der Waals surface area contributed by atoms with Crippen molar-refractivity contribution in [3.63, 3.8) is 0 Å². The van der Waals surface area contributed by atoms with E-state index in [2.05, 4.69) is 16.0 Å². The summed E-state index contributed by atoms with van der Waals surface area (Å²) in [5, 5.41) is 2.83. The smallest absolute Gasteiger partial charge is 0.325 e. The van der Waals surface area contributed by atoms with E-state index in [1.165, 1.54) is 11.1 Å². The van der Waals surface area contributed by atoms with Gasteiger partial charge in [-0.25, -0.2) is 4.79 Å². The third kappa shape index (κ3) is 2.81. The molecule has 2 fully saturated rings. The summed E-state index contributed by atoms with van der Waals surface area (Å²) in [6.45, 7) is 5.44. The van der Waals surface area contributed by atoms with E-state index in [0.29, 0.717) is 11.6 Å². The van der Waals surface area contributed by atoms with E-state index in [0.717, 1.165) is 54.0 Å². The number of urea groups is 1. The first kappa shape index (κ1) is 19.1. The molecule has 156 valence electrons. The molecule has 1 unspecified atom stereocenters. The molecule has 1 N–H and O–H groups in total. The number of Topliss-reactive ketones (excluding diaryl/α,β-unsaturated/α-hetero) is 1. The Hall–Kier alpha value is -2.89. The van der Waals surface area contributed by atoms with Gasteiger partial charge in [-0.15, -0.1) is 0 Å². The number of nitrogens with zero attached hydrogens (tertiary/aromatic N) is 2. The minimum Gasteiger partial charge on any atom is -0.345 e. The quantitative estimate of drug-likeness (QED) is 0.611. The molecule has 1 aliphatic heterocycles. The fraction of sp³-hybridized carbons (Fsp3) is 0.458. The number of nitrogens with one attached hydrogen (secondary N) is 1. The number of hydrogen-bond acceptors (Lipinski definition) is 3. The molecule has 1 saturated heterocycles. The third-order valence-electron chi connectivity index (χ3n) is 6.95. The molecule has 0 radical (unpaired) electrons. The van der Waals surface area contributed by atoms with E-state index in [4.69, 9.17) is 0 Å². The largest absolute Gasteiger partial charge is 0.345 e. The van der Waals surface area contributed by atoms with Crippen LogP contribution in [0.1, 0.15) is 70.7 Å². The Balaban J connectivity index is 1.40. The Labute approximate surface area is 176 Å². The summed E-state index contributed by atoms with van der Waals surface area (Å²) in [7, 11) is 0. The lowest BCUT2D eigenvalue weighted by molar-refractivity contribution is -0.130. The first-order chi connectivity index (χ1) is 14.3. The van der Waals surface area contributed by atoms with Gasteiger partial charge in [0.15, 0.2) is 5.78 Å². The van der Waals surface area contributed by atoms with Crippen molar-refractivity contribution in [1.82, 2.24) is 14.8 Å². The average Bonchev–Trinajstić information content (AvgIpc) is 3.27. The molecule has 0 spiro atoms. The number of imide groups is 1. The molecule has 6 nitrogen and oxygen atoms in total. The number of benzene rings is 1. The summed E-state index contributed by atoms with van der Waals surface area (Å²) < 4.78 is 2.20. The summed E-state index contributed by atoms with van der Waals surface area (Å²) >= 11 is 0. The molecule has 2 aromatic rings. The maximum atomic E-state index is 13.3. The van der Waals surface area contributed by atoms with E-state index in [-0.39, 0.29) is 18.2 Å². The summed E-state index contributed by atoms with van der Waals surface area (Å²) in [6, 6.07) is 7.88. The zero-order chi connectivity index (χ0) is 21.2. The molecule has 0 bridgehead atoms. The molecular weight excluding hydrogens is 378 g/mol. The SMILES string of the molecule is Cc1cc(C(=O)CN2C(=O)NC(C)(c3ccc4c(c3)CCC4)C2=O)c(C)n1C1CC1. The van der Waals surface area contributed by atoms with Crippen LogP contribution >= 0.6 is 0 Å². The molecule has 1 aromatic carbocycles. The first-order valence-corrected chi connectivity index (χ1v) is 10.8. The molecule has 1 atom stereocenters. The van der Waals surface area contributed by atoms with Gasteiger partial charge in [0.2, 0.25) is 0 Å². The Kier molecular flexibility index (Phi) is 4.17. The van der Waals surface area contributed by atoms with Crippen LogP contribution in [-0.2, 0) is 23.2 Å². The van der Waals surface area contributed by atoms with Crippen LogP contribution in [0.4, 0.5) is 4.79 Å². The topological polar surface area (TPSA) is 71.4 Å². The molecular formula is C24H27N3O3. The van der Waals surface area contributed by atoms with Crippen LogP contribution in [0.5, 0.6) is 0 Å². The van der Waals surface area contributed by atoms with Gasteiger partial charge in [-0.3, -0.25) is 14.5 Å². The van der Waals surface area contributed by atoms with Crippen molar-refractivity contribution in [2.75, 3.05) is 6.54 Å². The second-order valence-electron chi connectivity index (χ2n) is 9.09. The van der Waals surface area contributed by atoms with Gasteiger partial charge in [-0.2, -0.15) is 0 Å². The number of amides is 3. The third-order valence-corrected chi connectivity index (χ3v) is 6.95. The molecule has 1 aromatic heterocycles. The van der Waals surface area contributed by atoms with Crippen molar-refractivity contribution in [2.24, 2.45) is 0 Å². The van der Waals surface area contributed by atoms with Gasteiger partial charge in [0.1, 0.15) is 5.54 Å². The number of carbonyl (C=O) groups excluding carboxylic acids is 3. The maximum Gasteiger partial charge on any atom is 0.325 e. The van der Waals surface area contributed by atoms with E-state index >= 15 is 0 Å². The number of rotatable bonds is 5. The summed E-state index contributed by atoms with van der Waals surface area (Å²) in [5.74, 6) is -0.563. The van der Waals surface area contributed by atoms with Crippen molar-refractivity contribution < 1.29 is 14.4 Å². The van der Waals surface area contributed by atoms with Gasteiger partial charge < -0.3 is 9.88 Å². The second kappa shape index (κ2) is 6.56. The van der Waals surface area contributed by atoms with Crippen LogP contribution in [-0.4, -0.2) is 33.7 Å². The Morgan fingerprint density at radius 1 is 1.13 bits per heavy atom. The van der Waals surface area contributed by atoms with Crippen molar-refractivity contribution in [3.8, 4) is 0 Å². The highest BCUT2D eigenvalue weighted by atomic mass is 16.2. The van der Waals surface area contributed by atoms with E-state index in [1.807, 2.05) is 32.0 Å². The monoisotopic (exact) mass is 405 g/mol. The number of carbonyl (C=O) groups is 3. The van der Waals surface area contributed by atoms with E-state index < -0.39 is 11.6 Å². The maximum absolute atomic E-state index is 13.3. The number of fused-ring (bicyclic) bond motifs is 1. The summed E-state index contributed by atoms with van der Waals surface area (Å²) in [5.41, 5.74) is 4.79. The fourth-order valence-electron chi connectivity index (χ4n) is 5.10. The predicted molar refractivity (Wildman–Crippen MR) is 113 cm³/mol. The molecule has 1 saturated carbocycles. The molecule has 6 heteroatoms. The van der Waals surface area contributed by atoms with Gasteiger partial charge in [0.25, 0.3) is 5.91 Å². The molecule has 3 amide bonds. The van der Waals surface area contributed by atoms with E-state index in [1.54, 1.807) is 6.92 Å². The number of aryl methyl sites for hydroxylation is 3. The molecule has 30 heavy (non-hydrogen) atoms. The van der Waals surface area contributed by atoms with Crippen LogP contribution in [0, 0.1) is 13.8 Å². The molecule has 2 heterocycles. The Bertz CT molecular complexity index is 1100. The average molecular weight is 405 g/mol. The van der Waals surface area contributed by atoms with Gasteiger partial charge in [0.05, 0.1) is 6.54 Å². The zero-order valence-electron chi connectivity index (χ0n) is 17.7.